The lowest BCUT2D eigenvalue weighted by molar-refractivity contribution is -0.123. The molecule has 1 saturated heterocycles. The zero-order valence-corrected chi connectivity index (χ0v) is 10.6. The van der Waals surface area contributed by atoms with Crippen molar-refractivity contribution in [2.24, 2.45) is 0 Å². The monoisotopic (exact) mass is 264 g/mol. The van der Waals surface area contributed by atoms with Crippen LogP contribution in [0.4, 0.5) is 0 Å². The zero-order chi connectivity index (χ0) is 13.0. The number of methoxy groups -OCH3 is 1. The number of carbonyl (C=O) groups excluding carboxylic acids is 1. The Morgan fingerprint density at radius 3 is 3.06 bits per heavy atom. The number of thiocarbonyl (C=S) groups is 1. The Balaban J connectivity index is 2.15. The van der Waals surface area contributed by atoms with Crippen molar-refractivity contribution >= 4 is 29.4 Å². The van der Waals surface area contributed by atoms with E-state index < -0.39 is 0 Å². The first-order valence-electron chi connectivity index (χ1n) is 5.37. The van der Waals surface area contributed by atoms with Crippen LogP contribution in [0.25, 0.3) is 6.08 Å². The lowest BCUT2D eigenvalue weighted by Gasteiger charge is -2.10. The van der Waals surface area contributed by atoms with Crippen molar-refractivity contribution in [1.29, 1.82) is 0 Å². The first kappa shape index (κ1) is 12.7. The lowest BCUT2D eigenvalue weighted by atomic mass is 10.3. The number of ether oxygens (including phenoxy) is 2. The Kier molecular flexibility index (Phi) is 4.01. The highest BCUT2D eigenvalue weighted by Gasteiger charge is 2.32. The first-order valence-corrected chi connectivity index (χ1v) is 5.78. The smallest absolute Gasteiger partial charge is 0.297 e. The van der Waals surface area contributed by atoms with Crippen LogP contribution in [-0.2, 0) is 14.3 Å². The quantitative estimate of drug-likeness (QED) is 0.604. The Morgan fingerprint density at radius 2 is 2.39 bits per heavy atom. The number of carbonyl (C=O) groups is 1. The van der Waals surface area contributed by atoms with E-state index in [0.717, 1.165) is 0 Å². The molecule has 2 heterocycles. The van der Waals surface area contributed by atoms with Gasteiger partial charge < -0.3 is 9.47 Å². The molecule has 0 bridgehead atoms. The number of aromatic nitrogens is 1. The van der Waals surface area contributed by atoms with Gasteiger partial charge in [-0.2, -0.15) is 0 Å². The minimum Gasteiger partial charge on any atom is -0.425 e. The Morgan fingerprint density at radius 1 is 1.56 bits per heavy atom. The predicted molar refractivity (Wildman–Crippen MR) is 69.5 cm³/mol. The molecule has 1 amide bonds. The summed E-state index contributed by atoms with van der Waals surface area (Å²) in [5.74, 6) is -0.0718. The van der Waals surface area contributed by atoms with Gasteiger partial charge in [-0.1, -0.05) is 6.07 Å². The predicted octanol–water partition coefficient (Wildman–Crippen LogP) is 1.21. The summed E-state index contributed by atoms with van der Waals surface area (Å²) in [7, 11) is 1.56. The summed E-state index contributed by atoms with van der Waals surface area (Å²) in [4.78, 5) is 17.5. The summed E-state index contributed by atoms with van der Waals surface area (Å²) in [6.07, 6.45) is 3.22. The first-order chi connectivity index (χ1) is 8.72. The minimum atomic E-state index is -0.261. The topological polar surface area (TPSA) is 51.7 Å². The third kappa shape index (κ3) is 2.72. The normalized spacial score (nSPS) is 17.4. The van der Waals surface area contributed by atoms with Crippen LogP contribution in [0.2, 0.25) is 0 Å². The molecule has 0 N–H and O–H groups in total. The van der Waals surface area contributed by atoms with Crippen LogP contribution in [0.3, 0.4) is 0 Å². The summed E-state index contributed by atoms with van der Waals surface area (Å²) in [5.41, 5.74) is 0.650. The minimum absolute atomic E-state index is 0.152. The summed E-state index contributed by atoms with van der Waals surface area (Å²) in [5, 5.41) is 0.152. The molecule has 1 aliphatic rings. The van der Waals surface area contributed by atoms with Crippen molar-refractivity contribution in [3.8, 4) is 0 Å². The molecular formula is C12H12N2O3S. The molecule has 94 valence electrons. The Hall–Kier alpha value is -1.79. The van der Waals surface area contributed by atoms with Crippen LogP contribution >= 0.6 is 12.2 Å². The molecule has 18 heavy (non-hydrogen) atoms. The molecule has 0 aliphatic carbocycles. The second kappa shape index (κ2) is 5.70. The standard InChI is InChI=1S/C12H12N2O3S/c1-16-7-6-14-11(15)10(17-12(14)18)8-9-4-2-3-5-13-9/h2-5,8H,6-7H2,1H3/b10-8+. The van der Waals surface area contributed by atoms with Gasteiger partial charge in [0.05, 0.1) is 18.8 Å². The van der Waals surface area contributed by atoms with Crippen LogP contribution in [0.15, 0.2) is 30.2 Å². The van der Waals surface area contributed by atoms with Crippen LogP contribution in [0.5, 0.6) is 0 Å². The van der Waals surface area contributed by atoms with Gasteiger partial charge in [0.25, 0.3) is 11.1 Å². The third-order valence-corrected chi connectivity index (χ3v) is 2.66. The zero-order valence-electron chi connectivity index (χ0n) is 9.83. The van der Waals surface area contributed by atoms with Gasteiger partial charge in [0.2, 0.25) is 0 Å². The lowest BCUT2D eigenvalue weighted by Crippen LogP contribution is -2.31. The van der Waals surface area contributed by atoms with Crippen molar-refractivity contribution in [3.63, 3.8) is 0 Å². The van der Waals surface area contributed by atoms with Crippen LogP contribution in [0.1, 0.15) is 5.69 Å². The van der Waals surface area contributed by atoms with E-state index in [-0.39, 0.29) is 16.8 Å². The molecule has 1 aliphatic heterocycles. The maximum Gasteiger partial charge on any atom is 0.297 e. The van der Waals surface area contributed by atoms with E-state index in [4.69, 9.17) is 21.7 Å². The second-order valence-electron chi connectivity index (χ2n) is 3.58. The summed E-state index contributed by atoms with van der Waals surface area (Å²) in [6.45, 7) is 0.791. The van der Waals surface area contributed by atoms with E-state index in [0.29, 0.717) is 18.8 Å². The number of rotatable bonds is 4. The van der Waals surface area contributed by atoms with E-state index in [2.05, 4.69) is 4.98 Å². The van der Waals surface area contributed by atoms with Crippen LogP contribution in [0, 0.1) is 0 Å². The molecule has 0 aromatic carbocycles. The van der Waals surface area contributed by atoms with E-state index in [1.54, 1.807) is 31.5 Å². The summed E-state index contributed by atoms with van der Waals surface area (Å²) in [6, 6.07) is 5.42. The average molecular weight is 264 g/mol. The van der Waals surface area contributed by atoms with Crippen molar-refractivity contribution in [3.05, 3.63) is 35.8 Å². The summed E-state index contributed by atoms with van der Waals surface area (Å²) < 4.78 is 10.2. The van der Waals surface area contributed by atoms with E-state index in [1.165, 1.54) is 4.90 Å². The van der Waals surface area contributed by atoms with Crippen molar-refractivity contribution in [2.45, 2.75) is 0 Å². The number of hydrogen-bond acceptors (Lipinski definition) is 5. The van der Waals surface area contributed by atoms with Gasteiger partial charge in [-0.25, -0.2) is 0 Å². The van der Waals surface area contributed by atoms with Gasteiger partial charge in [0.1, 0.15) is 0 Å². The molecule has 1 aromatic heterocycles. The van der Waals surface area contributed by atoms with Gasteiger partial charge in [-0.05, 0) is 24.4 Å². The van der Waals surface area contributed by atoms with Gasteiger partial charge in [0.15, 0.2) is 5.76 Å². The van der Waals surface area contributed by atoms with Gasteiger partial charge >= 0.3 is 0 Å². The second-order valence-corrected chi connectivity index (χ2v) is 3.93. The highest BCUT2D eigenvalue weighted by molar-refractivity contribution is 7.80. The van der Waals surface area contributed by atoms with Crippen LogP contribution in [-0.4, -0.2) is 41.2 Å². The fraction of sp³-hybridized carbons (Fsp3) is 0.250. The Bertz CT molecular complexity index is 487. The number of nitrogens with zero attached hydrogens (tertiary/aromatic N) is 2. The van der Waals surface area contributed by atoms with E-state index in [9.17, 15) is 4.79 Å². The van der Waals surface area contributed by atoms with Gasteiger partial charge in [-0.15, -0.1) is 0 Å². The van der Waals surface area contributed by atoms with E-state index >= 15 is 0 Å². The molecule has 1 fully saturated rings. The molecule has 1 aromatic rings. The fourth-order valence-electron chi connectivity index (χ4n) is 1.47. The average Bonchev–Trinajstić information content (AvgIpc) is 2.64. The molecule has 0 atom stereocenters. The fourth-order valence-corrected chi connectivity index (χ4v) is 1.73. The number of pyridine rings is 1. The maximum atomic E-state index is 12.0. The van der Waals surface area contributed by atoms with Gasteiger partial charge in [0, 0.05) is 19.4 Å². The molecule has 0 saturated carbocycles. The van der Waals surface area contributed by atoms with Crippen molar-refractivity contribution in [2.75, 3.05) is 20.3 Å². The Labute approximate surface area is 110 Å². The molecule has 2 rings (SSSR count). The van der Waals surface area contributed by atoms with Crippen molar-refractivity contribution < 1.29 is 14.3 Å². The van der Waals surface area contributed by atoms with Crippen LogP contribution < -0.4 is 0 Å². The number of hydrogen-bond donors (Lipinski definition) is 0. The SMILES string of the molecule is COCCN1C(=O)/C(=C\c2ccccn2)OC1=S. The molecule has 5 nitrogen and oxygen atoms in total. The molecule has 0 radical (unpaired) electrons. The van der Waals surface area contributed by atoms with E-state index in [1.807, 2.05) is 6.07 Å². The summed E-state index contributed by atoms with van der Waals surface area (Å²) >= 11 is 4.99. The molecule has 0 spiro atoms. The molecule has 0 unspecified atom stereocenters. The van der Waals surface area contributed by atoms with Gasteiger partial charge in [-0.3, -0.25) is 14.7 Å². The maximum absolute atomic E-state index is 12.0. The highest BCUT2D eigenvalue weighted by Crippen LogP contribution is 2.18. The largest absolute Gasteiger partial charge is 0.425 e. The highest BCUT2D eigenvalue weighted by atomic mass is 32.1. The van der Waals surface area contributed by atoms with Crippen molar-refractivity contribution in [1.82, 2.24) is 9.88 Å². The molecule has 6 heteroatoms. The molecular weight excluding hydrogens is 252 g/mol. The third-order valence-electron chi connectivity index (χ3n) is 2.36. The number of amides is 1.